The summed E-state index contributed by atoms with van der Waals surface area (Å²) in [6.07, 6.45) is 0. The molecule has 9 rings (SSSR count). The Morgan fingerprint density at radius 1 is 0.514 bits per heavy atom. The predicted octanol–water partition coefficient (Wildman–Crippen LogP) is 9.40. The number of hydrogen-bond donors (Lipinski definition) is 1. The second kappa shape index (κ2) is 6.21. The van der Waals surface area contributed by atoms with Gasteiger partial charge >= 0.3 is 0 Å². The monoisotopic (exact) mass is 462 g/mol. The van der Waals surface area contributed by atoms with E-state index in [1.165, 1.54) is 80.1 Å². The molecule has 0 amide bonds. The van der Waals surface area contributed by atoms with Crippen molar-refractivity contribution in [2.24, 2.45) is 0 Å². The largest absolute Gasteiger partial charge is 0.354 e. The zero-order chi connectivity index (χ0) is 22.7. The third-order valence-corrected chi connectivity index (χ3v) is 8.85. The van der Waals surface area contributed by atoms with E-state index in [4.69, 9.17) is 0 Å². The number of para-hydroxylation sites is 2. The zero-order valence-corrected chi connectivity index (χ0v) is 19.5. The summed E-state index contributed by atoms with van der Waals surface area (Å²) in [6.45, 7) is 0. The van der Waals surface area contributed by atoms with Gasteiger partial charge in [0.05, 0.1) is 21.3 Å². The second-order valence-electron chi connectivity index (χ2n) is 9.44. The van der Waals surface area contributed by atoms with Crippen LogP contribution in [-0.2, 0) is 0 Å². The van der Waals surface area contributed by atoms with Crippen LogP contribution in [-0.4, -0.2) is 9.38 Å². The van der Waals surface area contributed by atoms with Crippen LogP contribution in [0.25, 0.3) is 80.1 Å². The molecule has 35 heavy (non-hydrogen) atoms. The Morgan fingerprint density at radius 3 is 2.11 bits per heavy atom. The molecule has 3 heteroatoms. The van der Waals surface area contributed by atoms with Gasteiger partial charge in [0, 0.05) is 42.7 Å². The fraction of sp³-hybridized carbons (Fsp3) is 0. The number of nitrogens with zero attached hydrogens (tertiary/aromatic N) is 1. The van der Waals surface area contributed by atoms with E-state index in [2.05, 4.69) is 113 Å². The number of fused-ring (bicyclic) bond motifs is 11. The Morgan fingerprint density at radius 2 is 1.23 bits per heavy atom. The van der Waals surface area contributed by atoms with E-state index in [1.54, 1.807) is 0 Å². The Kier molecular flexibility index (Phi) is 3.20. The highest BCUT2D eigenvalue weighted by molar-refractivity contribution is 7.27. The maximum absolute atomic E-state index is 3.66. The standard InChI is InChI=1S/C32H18N2S/c1-2-9-19-18(8-1)21-11-4-6-14-27(21)34-28-17-23-20-10-3-5-13-25(20)33-26(23)16-24(28)32-31(34)30-22(19)12-7-15-29(30)35-32/h1-17,33H. The van der Waals surface area contributed by atoms with E-state index in [0.29, 0.717) is 0 Å². The average molecular weight is 463 g/mol. The van der Waals surface area contributed by atoms with E-state index in [-0.39, 0.29) is 0 Å². The molecule has 162 valence electrons. The summed E-state index contributed by atoms with van der Waals surface area (Å²) in [5, 5.41) is 10.4. The highest BCUT2D eigenvalue weighted by Crippen LogP contribution is 2.46. The molecule has 0 aliphatic heterocycles. The summed E-state index contributed by atoms with van der Waals surface area (Å²) in [5.74, 6) is 0. The first-order chi connectivity index (χ1) is 17.4. The average Bonchev–Trinajstić information content (AvgIpc) is 3.55. The number of rotatable bonds is 0. The lowest BCUT2D eigenvalue weighted by atomic mass is 10.0. The molecule has 0 aliphatic carbocycles. The molecule has 0 saturated heterocycles. The van der Waals surface area contributed by atoms with Gasteiger partial charge in [-0.25, -0.2) is 0 Å². The van der Waals surface area contributed by atoms with Gasteiger partial charge in [-0.1, -0.05) is 72.8 Å². The number of aromatic amines is 1. The molecule has 4 aromatic heterocycles. The highest BCUT2D eigenvalue weighted by Gasteiger charge is 2.20. The highest BCUT2D eigenvalue weighted by atomic mass is 32.1. The van der Waals surface area contributed by atoms with Gasteiger partial charge in [-0.05, 0) is 46.5 Å². The molecule has 5 aromatic carbocycles. The van der Waals surface area contributed by atoms with Crippen LogP contribution >= 0.6 is 11.3 Å². The van der Waals surface area contributed by atoms with Gasteiger partial charge < -0.3 is 9.38 Å². The summed E-state index contributed by atoms with van der Waals surface area (Å²) in [7, 11) is 0. The predicted molar refractivity (Wildman–Crippen MR) is 152 cm³/mol. The second-order valence-corrected chi connectivity index (χ2v) is 10.5. The molecule has 0 fully saturated rings. The third-order valence-electron chi connectivity index (χ3n) is 7.67. The minimum Gasteiger partial charge on any atom is -0.354 e. The minimum atomic E-state index is 1.19. The number of H-pyrrole nitrogens is 1. The van der Waals surface area contributed by atoms with E-state index in [9.17, 15) is 0 Å². The molecule has 0 saturated carbocycles. The molecule has 0 radical (unpaired) electrons. The van der Waals surface area contributed by atoms with Crippen molar-refractivity contribution in [1.29, 1.82) is 0 Å². The van der Waals surface area contributed by atoms with E-state index in [1.807, 2.05) is 11.3 Å². The van der Waals surface area contributed by atoms with Crippen molar-refractivity contribution in [2.75, 3.05) is 0 Å². The quantitative estimate of drug-likeness (QED) is 0.232. The molecule has 4 heterocycles. The van der Waals surface area contributed by atoms with Crippen LogP contribution in [0.15, 0.2) is 103 Å². The molecule has 0 spiro atoms. The SMILES string of the molecule is c1ccc2c(c1)[nH]c1cc3c4sc5cccc6c7ccccc7c7ccccc7n(c3cc12)c4c56. The first-order valence-corrected chi connectivity index (χ1v) is 12.8. The Labute approximate surface area is 203 Å². The van der Waals surface area contributed by atoms with Crippen molar-refractivity contribution in [1.82, 2.24) is 9.38 Å². The van der Waals surface area contributed by atoms with Crippen LogP contribution in [0.5, 0.6) is 0 Å². The van der Waals surface area contributed by atoms with E-state index >= 15 is 0 Å². The van der Waals surface area contributed by atoms with Crippen molar-refractivity contribution in [3.8, 4) is 0 Å². The van der Waals surface area contributed by atoms with Crippen LogP contribution < -0.4 is 0 Å². The lowest BCUT2D eigenvalue weighted by Gasteiger charge is -2.09. The number of benzene rings is 5. The van der Waals surface area contributed by atoms with E-state index < -0.39 is 0 Å². The number of nitrogens with one attached hydrogen (secondary N) is 1. The molecule has 9 aromatic rings. The van der Waals surface area contributed by atoms with Crippen molar-refractivity contribution in [3.63, 3.8) is 0 Å². The fourth-order valence-electron chi connectivity index (χ4n) is 6.23. The topological polar surface area (TPSA) is 20.2 Å². The van der Waals surface area contributed by atoms with Gasteiger partial charge in [-0.3, -0.25) is 0 Å². The molecular formula is C32H18N2S. The number of thiophene rings is 1. The molecule has 0 atom stereocenters. The summed E-state index contributed by atoms with van der Waals surface area (Å²) in [4.78, 5) is 3.66. The smallest absolute Gasteiger partial charge is 0.0734 e. The molecule has 0 aliphatic rings. The Hall–Kier alpha value is -4.34. The maximum Gasteiger partial charge on any atom is 0.0734 e. The summed E-state index contributed by atoms with van der Waals surface area (Å²) >= 11 is 1.91. The Balaban J connectivity index is 1.70. The zero-order valence-electron chi connectivity index (χ0n) is 18.7. The summed E-state index contributed by atoms with van der Waals surface area (Å²) in [6, 6.07) is 37.9. The van der Waals surface area contributed by atoms with Crippen molar-refractivity contribution in [3.05, 3.63) is 103 Å². The van der Waals surface area contributed by atoms with Crippen LogP contribution in [0.1, 0.15) is 0 Å². The minimum absolute atomic E-state index is 1.19. The van der Waals surface area contributed by atoms with Crippen molar-refractivity contribution >= 4 is 91.4 Å². The first kappa shape index (κ1) is 18.0. The molecule has 0 unspecified atom stereocenters. The first-order valence-electron chi connectivity index (χ1n) is 12.0. The normalized spacial score (nSPS) is 12.6. The van der Waals surface area contributed by atoms with Crippen LogP contribution in [0, 0.1) is 0 Å². The van der Waals surface area contributed by atoms with Crippen LogP contribution in [0.2, 0.25) is 0 Å². The van der Waals surface area contributed by atoms with Gasteiger partial charge in [0.25, 0.3) is 0 Å². The van der Waals surface area contributed by atoms with E-state index in [0.717, 1.165) is 0 Å². The lowest BCUT2D eigenvalue weighted by molar-refractivity contribution is 1.36. The lowest BCUT2D eigenvalue weighted by Crippen LogP contribution is -1.88. The maximum atomic E-state index is 3.66. The number of aromatic nitrogens is 2. The Bertz CT molecular complexity index is 2330. The van der Waals surface area contributed by atoms with Gasteiger partial charge in [0.15, 0.2) is 0 Å². The van der Waals surface area contributed by atoms with Gasteiger partial charge in [-0.2, -0.15) is 0 Å². The molecule has 0 bridgehead atoms. The fourth-order valence-corrected chi connectivity index (χ4v) is 7.46. The molecule has 2 nitrogen and oxygen atoms in total. The van der Waals surface area contributed by atoms with Gasteiger partial charge in [0.2, 0.25) is 0 Å². The van der Waals surface area contributed by atoms with Crippen molar-refractivity contribution < 1.29 is 0 Å². The third kappa shape index (κ3) is 2.15. The molecular weight excluding hydrogens is 444 g/mol. The van der Waals surface area contributed by atoms with Gasteiger partial charge in [0.1, 0.15) is 0 Å². The summed E-state index contributed by atoms with van der Waals surface area (Å²) in [5.41, 5.74) is 6.23. The van der Waals surface area contributed by atoms with Crippen LogP contribution in [0.4, 0.5) is 0 Å². The number of hydrogen-bond acceptors (Lipinski definition) is 1. The summed E-state index contributed by atoms with van der Waals surface area (Å²) < 4.78 is 5.23. The van der Waals surface area contributed by atoms with Crippen molar-refractivity contribution in [2.45, 2.75) is 0 Å². The van der Waals surface area contributed by atoms with Crippen LogP contribution in [0.3, 0.4) is 0 Å². The molecule has 1 N–H and O–H groups in total. The van der Waals surface area contributed by atoms with Gasteiger partial charge in [-0.15, -0.1) is 11.3 Å².